The second-order valence-corrected chi connectivity index (χ2v) is 9.48. The molecule has 2 amide bonds. The number of nitrogens with zero attached hydrogens (tertiary/aromatic N) is 3. The summed E-state index contributed by atoms with van der Waals surface area (Å²) in [5.41, 5.74) is 11.2. The monoisotopic (exact) mass is 463 g/mol. The summed E-state index contributed by atoms with van der Waals surface area (Å²) >= 11 is 0. The topological polar surface area (TPSA) is 81.9 Å². The molecule has 34 heavy (non-hydrogen) atoms. The Morgan fingerprint density at radius 3 is 2.24 bits per heavy atom. The molecular formula is C27H37N5O2. The number of anilines is 3. The summed E-state index contributed by atoms with van der Waals surface area (Å²) in [6, 6.07) is 14.9. The van der Waals surface area contributed by atoms with Crippen molar-refractivity contribution in [3.63, 3.8) is 0 Å². The first-order valence-electron chi connectivity index (χ1n) is 12.3. The first kappa shape index (κ1) is 24.1. The zero-order valence-electron chi connectivity index (χ0n) is 20.8. The molecule has 2 heterocycles. The zero-order chi connectivity index (χ0) is 24.4. The number of carbonyl (C=O) groups is 2. The molecular weight excluding hydrogens is 426 g/mol. The van der Waals surface area contributed by atoms with Gasteiger partial charge in [0.05, 0.1) is 6.04 Å². The number of hydrogen-bond donors (Lipinski definition) is 2. The highest BCUT2D eigenvalue weighted by Gasteiger charge is 2.40. The normalized spacial score (nSPS) is 22.4. The van der Waals surface area contributed by atoms with Crippen molar-refractivity contribution in [3.8, 4) is 0 Å². The number of amides is 2. The van der Waals surface area contributed by atoms with Crippen molar-refractivity contribution in [3.05, 3.63) is 53.6 Å². The van der Waals surface area contributed by atoms with E-state index in [4.69, 9.17) is 5.73 Å². The van der Waals surface area contributed by atoms with Crippen molar-refractivity contribution in [2.45, 2.75) is 52.7 Å². The van der Waals surface area contributed by atoms with Crippen LogP contribution in [0.2, 0.25) is 0 Å². The van der Waals surface area contributed by atoms with Crippen molar-refractivity contribution < 1.29 is 9.59 Å². The van der Waals surface area contributed by atoms with Crippen LogP contribution in [0.25, 0.3) is 0 Å². The van der Waals surface area contributed by atoms with E-state index in [0.29, 0.717) is 6.54 Å². The van der Waals surface area contributed by atoms with Gasteiger partial charge in [0.2, 0.25) is 11.8 Å². The lowest BCUT2D eigenvalue weighted by Crippen LogP contribution is -2.50. The van der Waals surface area contributed by atoms with Crippen molar-refractivity contribution in [1.82, 2.24) is 4.90 Å². The quantitative estimate of drug-likeness (QED) is 0.706. The van der Waals surface area contributed by atoms with E-state index in [1.54, 1.807) is 13.8 Å². The molecule has 3 N–H and O–H groups in total. The molecule has 2 aliphatic rings. The maximum Gasteiger partial charge on any atom is 0.224 e. The van der Waals surface area contributed by atoms with Gasteiger partial charge < -0.3 is 25.8 Å². The van der Waals surface area contributed by atoms with Gasteiger partial charge in [-0.1, -0.05) is 26.0 Å². The number of rotatable bonds is 5. The molecule has 182 valence electrons. The Bertz CT molecular complexity index is 1030. The summed E-state index contributed by atoms with van der Waals surface area (Å²) in [6.45, 7) is 11.3. The number of fused-ring (bicyclic) bond motifs is 1. The highest BCUT2D eigenvalue weighted by Crippen LogP contribution is 2.45. The fourth-order valence-electron chi connectivity index (χ4n) is 5.49. The van der Waals surface area contributed by atoms with Gasteiger partial charge in [0.15, 0.2) is 0 Å². The highest BCUT2D eigenvalue weighted by atomic mass is 16.2. The number of carbonyl (C=O) groups excluding carboxylic acids is 2. The zero-order valence-corrected chi connectivity index (χ0v) is 20.8. The van der Waals surface area contributed by atoms with E-state index >= 15 is 0 Å². The molecule has 3 unspecified atom stereocenters. The minimum atomic E-state index is 0.0673. The fourth-order valence-corrected chi connectivity index (χ4v) is 5.49. The van der Waals surface area contributed by atoms with Gasteiger partial charge in [0, 0.05) is 81.2 Å². The van der Waals surface area contributed by atoms with Gasteiger partial charge in [-0.2, -0.15) is 0 Å². The molecule has 0 saturated carbocycles. The summed E-state index contributed by atoms with van der Waals surface area (Å²) in [7, 11) is 0. The molecule has 4 rings (SSSR count). The van der Waals surface area contributed by atoms with Crippen LogP contribution in [0.1, 0.15) is 51.3 Å². The molecule has 0 spiro atoms. The fraction of sp³-hybridized carbons (Fsp3) is 0.481. The molecule has 3 atom stereocenters. The Kier molecular flexibility index (Phi) is 7.12. The highest BCUT2D eigenvalue weighted by molar-refractivity contribution is 5.94. The summed E-state index contributed by atoms with van der Waals surface area (Å²) in [5, 5.41) is 3.76. The average Bonchev–Trinajstić information content (AvgIpc) is 2.85. The second kappa shape index (κ2) is 10.1. The predicted molar refractivity (Wildman–Crippen MR) is 138 cm³/mol. The molecule has 0 bridgehead atoms. The summed E-state index contributed by atoms with van der Waals surface area (Å²) < 4.78 is 0. The molecule has 1 saturated heterocycles. The smallest absolute Gasteiger partial charge is 0.224 e. The number of benzene rings is 2. The van der Waals surface area contributed by atoms with Crippen LogP contribution in [0.4, 0.5) is 17.1 Å². The molecule has 2 aromatic carbocycles. The lowest BCUT2D eigenvalue weighted by Gasteiger charge is -2.46. The lowest BCUT2D eigenvalue weighted by molar-refractivity contribution is -0.129. The third kappa shape index (κ3) is 4.62. The van der Waals surface area contributed by atoms with Crippen LogP contribution in [0.15, 0.2) is 42.5 Å². The molecule has 0 radical (unpaired) electrons. The van der Waals surface area contributed by atoms with Crippen LogP contribution >= 0.6 is 0 Å². The Morgan fingerprint density at radius 2 is 1.68 bits per heavy atom. The maximum absolute atomic E-state index is 12.7. The number of nitrogens with two attached hydrogens (primary N) is 1. The summed E-state index contributed by atoms with van der Waals surface area (Å²) in [4.78, 5) is 30.7. The minimum Gasteiger partial charge on any atom is -0.378 e. The van der Waals surface area contributed by atoms with Gasteiger partial charge >= 0.3 is 0 Å². The first-order valence-corrected chi connectivity index (χ1v) is 12.3. The minimum absolute atomic E-state index is 0.0673. The molecule has 0 aliphatic carbocycles. The third-order valence-electron chi connectivity index (χ3n) is 7.43. The Labute approximate surface area is 202 Å². The summed E-state index contributed by atoms with van der Waals surface area (Å²) in [6.07, 6.45) is 0.888. The molecule has 1 fully saturated rings. The molecule has 7 heteroatoms. The van der Waals surface area contributed by atoms with Gasteiger partial charge in [0.25, 0.3) is 0 Å². The van der Waals surface area contributed by atoms with Gasteiger partial charge in [0.1, 0.15) is 0 Å². The molecule has 2 aliphatic heterocycles. The third-order valence-corrected chi connectivity index (χ3v) is 7.43. The van der Waals surface area contributed by atoms with Crippen LogP contribution in [-0.4, -0.2) is 48.9 Å². The number of piperazine rings is 1. The van der Waals surface area contributed by atoms with Crippen molar-refractivity contribution in [2.75, 3.05) is 41.3 Å². The largest absolute Gasteiger partial charge is 0.378 e. The average molecular weight is 464 g/mol. The Hall–Kier alpha value is -3.06. The molecule has 2 aromatic rings. The van der Waals surface area contributed by atoms with Gasteiger partial charge in [-0.05, 0) is 42.3 Å². The van der Waals surface area contributed by atoms with E-state index in [1.807, 2.05) is 9.80 Å². The standard InChI is InChI=1S/C27H37N5O2/c1-5-25-18(2)27(29-22-8-6-21(17-28)7-9-22)24-16-23(10-11-26(24)32(25)20(4)34)31-14-12-30(13-15-31)19(3)33/h6-11,16,18,25,27,29H,5,12-15,17,28H2,1-4H3. The van der Waals surface area contributed by atoms with Crippen LogP contribution < -0.4 is 20.9 Å². The predicted octanol–water partition coefficient (Wildman–Crippen LogP) is 3.75. The van der Waals surface area contributed by atoms with E-state index < -0.39 is 0 Å². The number of hydrogen-bond acceptors (Lipinski definition) is 5. The number of nitrogens with one attached hydrogen (secondary N) is 1. The van der Waals surface area contributed by atoms with Gasteiger partial charge in [-0.15, -0.1) is 0 Å². The summed E-state index contributed by atoms with van der Waals surface area (Å²) in [5.74, 6) is 0.431. The van der Waals surface area contributed by atoms with E-state index in [2.05, 4.69) is 66.5 Å². The van der Waals surface area contributed by atoms with Gasteiger partial charge in [-0.3, -0.25) is 9.59 Å². The van der Waals surface area contributed by atoms with E-state index in [0.717, 1.165) is 60.8 Å². The first-order chi connectivity index (χ1) is 16.3. The van der Waals surface area contributed by atoms with Crippen molar-refractivity contribution in [1.29, 1.82) is 0 Å². The van der Waals surface area contributed by atoms with Crippen molar-refractivity contribution in [2.24, 2.45) is 11.7 Å². The van der Waals surface area contributed by atoms with Gasteiger partial charge in [-0.25, -0.2) is 0 Å². The van der Waals surface area contributed by atoms with Crippen molar-refractivity contribution >= 4 is 28.9 Å². The lowest BCUT2D eigenvalue weighted by atomic mass is 9.80. The Balaban J connectivity index is 1.70. The van der Waals surface area contributed by atoms with Crippen LogP contribution in [-0.2, 0) is 16.1 Å². The van der Waals surface area contributed by atoms with Crippen LogP contribution in [0.5, 0.6) is 0 Å². The Morgan fingerprint density at radius 1 is 1.00 bits per heavy atom. The maximum atomic E-state index is 12.7. The van der Waals surface area contributed by atoms with Crippen LogP contribution in [0.3, 0.4) is 0 Å². The second-order valence-electron chi connectivity index (χ2n) is 9.48. The van der Waals surface area contributed by atoms with Crippen LogP contribution in [0, 0.1) is 5.92 Å². The van der Waals surface area contributed by atoms with E-state index in [1.165, 1.54) is 0 Å². The van der Waals surface area contributed by atoms with E-state index in [-0.39, 0.29) is 29.8 Å². The molecule has 7 nitrogen and oxygen atoms in total. The SMILES string of the molecule is CCC1C(C)C(Nc2ccc(CN)cc2)c2cc(N3CCN(C(C)=O)CC3)ccc2N1C(C)=O. The molecule has 0 aromatic heterocycles. The van der Waals surface area contributed by atoms with E-state index in [9.17, 15) is 9.59 Å².